The molecule has 4 rings (SSSR count). The Morgan fingerprint density at radius 3 is 2.21 bits per heavy atom. The van der Waals surface area contributed by atoms with Gasteiger partial charge in [0.05, 0.1) is 0 Å². The minimum atomic E-state index is 0.0969. The van der Waals surface area contributed by atoms with E-state index in [1.165, 1.54) is 27.8 Å². The fraction of sp³-hybridized carbons (Fsp3) is 0.154. The molecule has 1 aliphatic rings. The van der Waals surface area contributed by atoms with Crippen LogP contribution in [0.4, 0.5) is 0 Å². The molecule has 0 bridgehead atoms. The summed E-state index contributed by atoms with van der Waals surface area (Å²) in [5, 5.41) is 1.57. The maximum atomic E-state index is 6.62. The van der Waals surface area contributed by atoms with E-state index in [2.05, 4.69) is 75.4 Å². The van der Waals surface area contributed by atoms with E-state index in [0.717, 1.165) is 26.7 Å². The van der Waals surface area contributed by atoms with E-state index in [1.54, 1.807) is 0 Å². The number of rotatable bonds is 2. The molecule has 0 spiro atoms. The van der Waals surface area contributed by atoms with Crippen LogP contribution in [0.2, 0.25) is 10.0 Å². The summed E-state index contributed by atoms with van der Waals surface area (Å²) in [4.78, 5) is 0. The molecule has 1 aliphatic carbocycles. The molecule has 0 saturated carbocycles. The van der Waals surface area contributed by atoms with E-state index in [4.69, 9.17) is 23.2 Å². The van der Waals surface area contributed by atoms with Crippen molar-refractivity contribution in [1.82, 2.24) is 0 Å². The van der Waals surface area contributed by atoms with Crippen molar-refractivity contribution in [3.8, 4) is 11.1 Å². The van der Waals surface area contributed by atoms with Crippen molar-refractivity contribution in [1.29, 1.82) is 0 Å². The summed E-state index contributed by atoms with van der Waals surface area (Å²) in [5.74, 6) is 0.0969. The summed E-state index contributed by atoms with van der Waals surface area (Å²) < 4.78 is 0. The first-order valence-electron chi connectivity index (χ1n) is 9.46. The average Bonchev–Trinajstić information content (AvgIpc) is 2.84. The molecule has 0 nitrogen and oxygen atoms in total. The minimum Gasteiger partial charge on any atom is -0.0840 e. The van der Waals surface area contributed by atoms with Gasteiger partial charge in [0.1, 0.15) is 0 Å². The highest BCUT2D eigenvalue weighted by atomic mass is 35.5. The third kappa shape index (κ3) is 3.55. The van der Waals surface area contributed by atoms with Crippen LogP contribution < -0.4 is 0 Å². The summed E-state index contributed by atoms with van der Waals surface area (Å²) in [5.41, 5.74) is 9.43. The van der Waals surface area contributed by atoms with Crippen LogP contribution in [0, 0.1) is 13.8 Å². The van der Waals surface area contributed by atoms with Gasteiger partial charge in [0, 0.05) is 21.5 Å². The van der Waals surface area contributed by atoms with Gasteiger partial charge in [-0.3, -0.25) is 0 Å². The predicted octanol–water partition coefficient (Wildman–Crippen LogP) is 8.38. The normalized spacial score (nSPS) is 15.8. The standard InChI is InChI=1S/C26H22Cl2/c1-16-7-10-21(24-15-18(3)9-12-26(24)28)19-5-4-6-20(22(19)13-16)23-14-17(2)8-11-25(23)27/h4-15,21H,1-3H3. The zero-order valence-corrected chi connectivity index (χ0v) is 17.8. The Balaban J connectivity index is 1.98. The molecule has 3 aromatic carbocycles. The van der Waals surface area contributed by atoms with E-state index in [-0.39, 0.29) is 5.92 Å². The van der Waals surface area contributed by atoms with E-state index >= 15 is 0 Å². The SMILES string of the molecule is CC1=Cc2c(-c3cc(C)ccc3Cl)cccc2C(c2cc(C)ccc2Cl)C=C1. The molecule has 28 heavy (non-hydrogen) atoms. The number of hydrogen-bond donors (Lipinski definition) is 0. The smallest absolute Gasteiger partial charge is 0.0484 e. The van der Waals surface area contributed by atoms with Gasteiger partial charge in [0.15, 0.2) is 0 Å². The predicted molar refractivity (Wildman–Crippen MR) is 122 cm³/mol. The fourth-order valence-electron chi connectivity index (χ4n) is 3.90. The zero-order valence-electron chi connectivity index (χ0n) is 16.3. The topological polar surface area (TPSA) is 0 Å². The lowest BCUT2D eigenvalue weighted by molar-refractivity contribution is 1.02. The largest absolute Gasteiger partial charge is 0.0840 e. The van der Waals surface area contributed by atoms with Gasteiger partial charge in [-0.1, -0.05) is 94.5 Å². The number of fused-ring (bicyclic) bond motifs is 1. The first kappa shape index (κ1) is 19.1. The van der Waals surface area contributed by atoms with Gasteiger partial charge in [-0.05, 0) is 61.2 Å². The van der Waals surface area contributed by atoms with E-state index in [9.17, 15) is 0 Å². The monoisotopic (exact) mass is 404 g/mol. The maximum absolute atomic E-state index is 6.62. The number of aryl methyl sites for hydroxylation is 2. The molecule has 140 valence electrons. The molecular weight excluding hydrogens is 383 g/mol. The second-order valence-corrected chi connectivity index (χ2v) is 8.36. The number of hydrogen-bond acceptors (Lipinski definition) is 0. The molecule has 0 heterocycles. The summed E-state index contributed by atoms with van der Waals surface area (Å²) >= 11 is 13.2. The van der Waals surface area contributed by atoms with E-state index < -0.39 is 0 Å². The van der Waals surface area contributed by atoms with Gasteiger partial charge in [0.2, 0.25) is 0 Å². The summed E-state index contributed by atoms with van der Waals surface area (Å²) in [6.07, 6.45) is 6.69. The molecule has 1 atom stereocenters. The molecular formula is C26H22Cl2. The highest BCUT2D eigenvalue weighted by molar-refractivity contribution is 6.33. The van der Waals surface area contributed by atoms with Crippen LogP contribution in [0.3, 0.4) is 0 Å². The third-order valence-electron chi connectivity index (χ3n) is 5.30. The van der Waals surface area contributed by atoms with Crippen LogP contribution in [-0.4, -0.2) is 0 Å². The Kier molecular flexibility index (Phi) is 5.19. The Bertz CT molecular complexity index is 1120. The maximum Gasteiger partial charge on any atom is 0.0484 e. The van der Waals surface area contributed by atoms with Crippen molar-refractivity contribution in [3.05, 3.63) is 110 Å². The van der Waals surface area contributed by atoms with Gasteiger partial charge >= 0.3 is 0 Å². The van der Waals surface area contributed by atoms with Gasteiger partial charge < -0.3 is 0 Å². The molecule has 0 saturated heterocycles. The number of allylic oxidation sites excluding steroid dienone is 3. The molecule has 0 N–H and O–H groups in total. The molecule has 1 unspecified atom stereocenters. The van der Waals surface area contributed by atoms with Crippen LogP contribution in [0.1, 0.15) is 40.7 Å². The quantitative estimate of drug-likeness (QED) is 0.402. The minimum absolute atomic E-state index is 0.0969. The molecule has 0 fully saturated rings. The van der Waals surface area contributed by atoms with Crippen molar-refractivity contribution in [2.75, 3.05) is 0 Å². The van der Waals surface area contributed by atoms with Gasteiger partial charge in [-0.2, -0.15) is 0 Å². The lowest BCUT2D eigenvalue weighted by atomic mass is 9.84. The van der Waals surface area contributed by atoms with Gasteiger partial charge in [-0.15, -0.1) is 0 Å². The van der Waals surface area contributed by atoms with Gasteiger partial charge in [0.25, 0.3) is 0 Å². The van der Waals surface area contributed by atoms with E-state index in [1.807, 2.05) is 18.2 Å². The Morgan fingerprint density at radius 2 is 1.43 bits per heavy atom. The first-order chi connectivity index (χ1) is 13.4. The first-order valence-corrected chi connectivity index (χ1v) is 10.2. The molecule has 0 aliphatic heterocycles. The van der Waals surface area contributed by atoms with Crippen LogP contribution in [0.5, 0.6) is 0 Å². The Morgan fingerprint density at radius 1 is 0.714 bits per heavy atom. The van der Waals surface area contributed by atoms with Crippen molar-refractivity contribution in [2.24, 2.45) is 0 Å². The molecule has 0 amide bonds. The van der Waals surface area contributed by atoms with Crippen molar-refractivity contribution >= 4 is 29.3 Å². The van der Waals surface area contributed by atoms with Crippen molar-refractivity contribution in [3.63, 3.8) is 0 Å². The van der Waals surface area contributed by atoms with Crippen LogP contribution in [0.25, 0.3) is 17.2 Å². The highest BCUT2D eigenvalue weighted by Crippen LogP contribution is 2.41. The fourth-order valence-corrected chi connectivity index (χ4v) is 4.35. The number of benzene rings is 3. The zero-order chi connectivity index (χ0) is 19.8. The molecule has 3 aromatic rings. The third-order valence-corrected chi connectivity index (χ3v) is 5.97. The van der Waals surface area contributed by atoms with Crippen LogP contribution in [0.15, 0.2) is 72.3 Å². The van der Waals surface area contributed by atoms with Crippen LogP contribution in [-0.2, 0) is 0 Å². The summed E-state index contributed by atoms with van der Waals surface area (Å²) in [6, 6.07) is 18.9. The highest BCUT2D eigenvalue weighted by Gasteiger charge is 2.22. The Hall–Kier alpha value is -2.28. The second-order valence-electron chi connectivity index (χ2n) is 7.54. The number of halogens is 2. The van der Waals surface area contributed by atoms with Crippen molar-refractivity contribution in [2.45, 2.75) is 26.7 Å². The van der Waals surface area contributed by atoms with E-state index in [0.29, 0.717) is 0 Å². The van der Waals surface area contributed by atoms with Crippen LogP contribution >= 0.6 is 23.2 Å². The molecule has 0 aromatic heterocycles. The average molecular weight is 405 g/mol. The Labute approximate surface area is 177 Å². The molecule has 2 heteroatoms. The second kappa shape index (κ2) is 7.62. The summed E-state index contributed by atoms with van der Waals surface area (Å²) in [6.45, 7) is 6.34. The molecule has 0 radical (unpaired) electrons. The lowest BCUT2D eigenvalue weighted by Crippen LogP contribution is -2.02. The summed E-state index contributed by atoms with van der Waals surface area (Å²) in [7, 11) is 0. The lowest BCUT2D eigenvalue weighted by Gasteiger charge is -2.20. The van der Waals surface area contributed by atoms with Crippen molar-refractivity contribution < 1.29 is 0 Å². The van der Waals surface area contributed by atoms with Gasteiger partial charge in [-0.25, -0.2) is 0 Å².